The lowest BCUT2D eigenvalue weighted by atomic mass is 10.1. The minimum Gasteiger partial charge on any atom is -0.325 e. The third kappa shape index (κ3) is 3.63. The molecule has 17 heavy (non-hydrogen) atoms. The summed E-state index contributed by atoms with van der Waals surface area (Å²) in [6, 6.07) is 2.81. The van der Waals surface area contributed by atoms with Gasteiger partial charge in [-0.15, -0.1) is 0 Å². The molecular weight excluding hydrogens is 255 g/mol. The van der Waals surface area contributed by atoms with Gasteiger partial charge in [0.05, 0.1) is 16.3 Å². The van der Waals surface area contributed by atoms with E-state index in [0.717, 1.165) is 18.2 Å². The van der Waals surface area contributed by atoms with Crippen LogP contribution in [-0.2, 0) is 11.0 Å². The predicted octanol–water partition coefficient (Wildman–Crippen LogP) is 3.95. The Labute approximate surface area is 102 Å². The van der Waals surface area contributed by atoms with E-state index < -0.39 is 11.7 Å². The van der Waals surface area contributed by atoms with Crippen LogP contribution in [0.1, 0.15) is 19.4 Å². The molecule has 0 spiro atoms. The zero-order valence-corrected chi connectivity index (χ0v) is 9.99. The van der Waals surface area contributed by atoms with Gasteiger partial charge in [0.2, 0.25) is 5.91 Å². The molecule has 1 rings (SSSR count). The van der Waals surface area contributed by atoms with Crippen molar-refractivity contribution in [3.63, 3.8) is 0 Å². The zero-order valence-electron chi connectivity index (χ0n) is 9.23. The molecule has 0 aliphatic carbocycles. The largest absolute Gasteiger partial charge is 0.416 e. The highest BCUT2D eigenvalue weighted by molar-refractivity contribution is 6.33. The average Bonchev–Trinajstić information content (AvgIpc) is 2.19. The minimum atomic E-state index is -4.44. The first kappa shape index (κ1) is 13.8. The van der Waals surface area contributed by atoms with Crippen LogP contribution in [0.2, 0.25) is 5.02 Å². The Morgan fingerprint density at radius 2 is 1.94 bits per heavy atom. The van der Waals surface area contributed by atoms with E-state index in [0.29, 0.717) is 0 Å². The maximum atomic E-state index is 12.3. The lowest BCUT2D eigenvalue weighted by Crippen LogP contribution is -2.18. The highest BCUT2D eigenvalue weighted by Gasteiger charge is 2.31. The molecule has 6 heteroatoms. The molecule has 1 N–H and O–H groups in total. The van der Waals surface area contributed by atoms with Gasteiger partial charge in [0, 0.05) is 5.92 Å². The van der Waals surface area contributed by atoms with Gasteiger partial charge in [0.1, 0.15) is 0 Å². The number of hydrogen-bond acceptors (Lipinski definition) is 1. The second-order valence-electron chi connectivity index (χ2n) is 3.84. The van der Waals surface area contributed by atoms with Crippen LogP contribution in [0, 0.1) is 5.92 Å². The summed E-state index contributed by atoms with van der Waals surface area (Å²) in [5.74, 6) is -0.569. The van der Waals surface area contributed by atoms with E-state index in [1.165, 1.54) is 0 Å². The molecular formula is C11H11ClF3NO. The third-order valence-corrected chi connectivity index (χ3v) is 2.39. The summed E-state index contributed by atoms with van der Waals surface area (Å²) in [6.07, 6.45) is -4.44. The molecule has 1 amide bonds. The fourth-order valence-corrected chi connectivity index (χ4v) is 1.30. The predicted molar refractivity (Wildman–Crippen MR) is 59.9 cm³/mol. The highest BCUT2D eigenvalue weighted by Crippen LogP contribution is 2.33. The van der Waals surface area contributed by atoms with E-state index in [1.807, 2.05) is 0 Å². The second-order valence-corrected chi connectivity index (χ2v) is 4.24. The number of alkyl halides is 3. The first-order valence-electron chi connectivity index (χ1n) is 4.89. The number of nitrogens with one attached hydrogen (secondary N) is 1. The maximum Gasteiger partial charge on any atom is 0.416 e. The van der Waals surface area contributed by atoms with Crippen LogP contribution in [0.5, 0.6) is 0 Å². The van der Waals surface area contributed by atoms with Gasteiger partial charge in [-0.1, -0.05) is 25.4 Å². The lowest BCUT2D eigenvalue weighted by molar-refractivity contribution is -0.137. The Morgan fingerprint density at radius 1 is 1.35 bits per heavy atom. The third-order valence-electron chi connectivity index (χ3n) is 2.08. The van der Waals surface area contributed by atoms with Crippen molar-refractivity contribution in [2.45, 2.75) is 20.0 Å². The van der Waals surface area contributed by atoms with Crippen LogP contribution in [-0.4, -0.2) is 5.91 Å². The Kier molecular flexibility index (Phi) is 4.03. The summed E-state index contributed by atoms with van der Waals surface area (Å²) in [7, 11) is 0. The number of carbonyl (C=O) groups excluding carboxylic acids is 1. The smallest absolute Gasteiger partial charge is 0.325 e. The number of hydrogen-bond donors (Lipinski definition) is 1. The van der Waals surface area contributed by atoms with Crippen LogP contribution < -0.4 is 5.32 Å². The Balaban J connectivity index is 2.95. The number of anilines is 1. The molecule has 0 unspecified atom stereocenters. The molecule has 0 bridgehead atoms. The normalized spacial score (nSPS) is 11.7. The molecule has 94 valence electrons. The van der Waals surface area contributed by atoms with Crippen LogP contribution in [0.15, 0.2) is 18.2 Å². The van der Waals surface area contributed by atoms with Crippen molar-refractivity contribution in [3.05, 3.63) is 28.8 Å². The molecule has 2 nitrogen and oxygen atoms in total. The zero-order chi connectivity index (χ0) is 13.2. The molecule has 1 aromatic rings. The number of amides is 1. The van der Waals surface area contributed by atoms with Gasteiger partial charge < -0.3 is 5.32 Å². The van der Waals surface area contributed by atoms with Crippen molar-refractivity contribution in [1.29, 1.82) is 0 Å². The van der Waals surface area contributed by atoms with Crippen molar-refractivity contribution >= 4 is 23.2 Å². The van der Waals surface area contributed by atoms with Gasteiger partial charge in [0.25, 0.3) is 0 Å². The van der Waals surface area contributed by atoms with Crippen LogP contribution in [0.4, 0.5) is 18.9 Å². The van der Waals surface area contributed by atoms with Gasteiger partial charge in [-0.3, -0.25) is 4.79 Å². The number of rotatable bonds is 2. The molecule has 0 aromatic heterocycles. The van der Waals surface area contributed by atoms with E-state index in [-0.39, 0.29) is 22.5 Å². The Hall–Kier alpha value is -1.23. The fourth-order valence-electron chi connectivity index (χ4n) is 1.07. The van der Waals surface area contributed by atoms with Crippen LogP contribution >= 0.6 is 11.6 Å². The lowest BCUT2D eigenvalue weighted by Gasteiger charge is -2.12. The Bertz CT molecular complexity index is 429. The van der Waals surface area contributed by atoms with Crippen LogP contribution in [0.3, 0.4) is 0 Å². The summed E-state index contributed by atoms with van der Waals surface area (Å²) >= 11 is 5.67. The standard InChI is InChI=1S/C11H11ClF3NO/c1-6(2)10(17)16-9-4-3-7(5-8(9)12)11(13,14)15/h3-6H,1-2H3,(H,16,17). The summed E-state index contributed by atoms with van der Waals surface area (Å²) in [6.45, 7) is 3.35. The van der Waals surface area contributed by atoms with E-state index >= 15 is 0 Å². The van der Waals surface area contributed by atoms with Gasteiger partial charge in [0.15, 0.2) is 0 Å². The molecule has 0 aliphatic heterocycles. The molecule has 0 fully saturated rings. The first-order chi connectivity index (χ1) is 7.71. The van der Waals surface area contributed by atoms with Gasteiger partial charge >= 0.3 is 6.18 Å². The summed E-state index contributed by atoms with van der Waals surface area (Å²) in [5, 5.41) is 2.32. The van der Waals surface area contributed by atoms with Gasteiger partial charge in [-0.05, 0) is 18.2 Å². The fraction of sp³-hybridized carbons (Fsp3) is 0.364. The second kappa shape index (κ2) is 4.96. The summed E-state index contributed by atoms with van der Waals surface area (Å²) in [5.41, 5.74) is -0.664. The molecule has 0 radical (unpaired) electrons. The summed E-state index contributed by atoms with van der Waals surface area (Å²) in [4.78, 5) is 11.4. The molecule has 0 heterocycles. The highest BCUT2D eigenvalue weighted by atomic mass is 35.5. The monoisotopic (exact) mass is 265 g/mol. The minimum absolute atomic E-state index is 0.131. The maximum absolute atomic E-state index is 12.3. The molecule has 0 saturated carbocycles. The van der Waals surface area contributed by atoms with E-state index in [9.17, 15) is 18.0 Å². The van der Waals surface area contributed by atoms with Crippen molar-refractivity contribution in [3.8, 4) is 0 Å². The van der Waals surface area contributed by atoms with Crippen molar-refractivity contribution < 1.29 is 18.0 Å². The van der Waals surface area contributed by atoms with E-state index in [1.54, 1.807) is 13.8 Å². The number of carbonyl (C=O) groups is 1. The SMILES string of the molecule is CC(C)C(=O)Nc1ccc(C(F)(F)F)cc1Cl. The van der Waals surface area contributed by atoms with Gasteiger partial charge in [-0.25, -0.2) is 0 Å². The van der Waals surface area contributed by atoms with Crippen molar-refractivity contribution in [1.82, 2.24) is 0 Å². The van der Waals surface area contributed by atoms with Crippen molar-refractivity contribution in [2.75, 3.05) is 5.32 Å². The molecule has 0 saturated heterocycles. The molecule has 1 aromatic carbocycles. The number of halogens is 4. The quantitative estimate of drug-likeness (QED) is 0.862. The first-order valence-corrected chi connectivity index (χ1v) is 5.27. The number of benzene rings is 1. The van der Waals surface area contributed by atoms with E-state index in [4.69, 9.17) is 11.6 Å². The average molecular weight is 266 g/mol. The molecule has 0 aliphatic rings. The Morgan fingerprint density at radius 3 is 2.35 bits per heavy atom. The molecule has 0 atom stereocenters. The van der Waals surface area contributed by atoms with E-state index in [2.05, 4.69) is 5.32 Å². The van der Waals surface area contributed by atoms with Gasteiger partial charge in [-0.2, -0.15) is 13.2 Å². The summed E-state index contributed by atoms with van der Waals surface area (Å²) < 4.78 is 37.0. The van der Waals surface area contributed by atoms with Crippen LogP contribution in [0.25, 0.3) is 0 Å². The van der Waals surface area contributed by atoms with Crippen molar-refractivity contribution in [2.24, 2.45) is 5.92 Å². The topological polar surface area (TPSA) is 29.1 Å².